The molecule has 1 aliphatic heterocycles. The molecule has 11 heteroatoms. The molecule has 6 rings (SSSR count). The van der Waals surface area contributed by atoms with Crippen LogP contribution in [0, 0.1) is 38.7 Å². The molecule has 0 spiro atoms. The van der Waals surface area contributed by atoms with E-state index in [1.54, 1.807) is 12.2 Å². The minimum atomic E-state index is -1.39. The summed E-state index contributed by atoms with van der Waals surface area (Å²) >= 11 is 0. The third-order valence-corrected chi connectivity index (χ3v) is 11.1. The number of ether oxygens (including phenoxy) is 3. The van der Waals surface area contributed by atoms with Gasteiger partial charge in [0.1, 0.15) is 6.61 Å². The summed E-state index contributed by atoms with van der Waals surface area (Å²) in [5.74, 6) is -1.13. The van der Waals surface area contributed by atoms with Gasteiger partial charge in [0.15, 0.2) is 24.3 Å². The van der Waals surface area contributed by atoms with Gasteiger partial charge in [-0.3, -0.25) is 9.59 Å². The summed E-state index contributed by atoms with van der Waals surface area (Å²) in [6, 6.07) is 5.96. The van der Waals surface area contributed by atoms with Gasteiger partial charge in [-0.25, -0.2) is 4.79 Å². The van der Waals surface area contributed by atoms with Crippen molar-refractivity contribution in [1.29, 1.82) is 0 Å². The maximum Gasteiger partial charge on any atom is 0.338 e. The first kappa shape index (κ1) is 30.6. The number of aliphatic hydroxyl groups excluding tert-OH is 1. The van der Waals surface area contributed by atoms with Crippen LogP contribution >= 0.6 is 0 Å². The van der Waals surface area contributed by atoms with Gasteiger partial charge in [-0.15, -0.1) is 10.1 Å². The molecule has 1 unspecified atom stereocenters. The van der Waals surface area contributed by atoms with Gasteiger partial charge in [0.25, 0.3) is 5.09 Å². The molecule has 9 atom stereocenters. The number of aliphatic hydroxyl groups is 1. The van der Waals surface area contributed by atoms with Gasteiger partial charge in [-0.1, -0.05) is 51.0 Å². The number of allylic oxidation sites excluding steroid dienone is 4. The lowest BCUT2D eigenvalue weighted by Gasteiger charge is -2.59. The molecule has 1 saturated heterocycles. The van der Waals surface area contributed by atoms with Crippen LogP contribution in [0.25, 0.3) is 0 Å². The molecule has 0 bridgehead atoms. The van der Waals surface area contributed by atoms with E-state index in [2.05, 4.69) is 11.8 Å². The Labute approximate surface area is 255 Å². The minimum Gasteiger partial charge on any atom is -0.454 e. The number of carbonyl (C=O) groups excluding carboxylic acids is 3. The first-order chi connectivity index (χ1) is 20.9. The van der Waals surface area contributed by atoms with Crippen molar-refractivity contribution >= 4 is 17.5 Å². The fourth-order valence-electron chi connectivity index (χ4n) is 9.19. The van der Waals surface area contributed by atoms with Crippen molar-refractivity contribution in [3.8, 4) is 0 Å². The highest BCUT2D eigenvalue weighted by atomic mass is 16.9. The van der Waals surface area contributed by atoms with Crippen molar-refractivity contribution < 1.29 is 43.6 Å². The summed E-state index contributed by atoms with van der Waals surface area (Å²) in [6.07, 6.45) is 7.26. The monoisotopic (exact) mass is 609 g/mol. The number of ketones is 2. The Hall–Kier alpha value is -3.41. The molecular weight excluding hydrogens is 570 g/mol. The number of rotatable bonds is 9. The van der Waals surface area contributed by atoms with Gasteiger partial charge >= 0.3 is 5.97 Å². The van der Waals surface area contributed by atoms with Crippen molar-refractivity contribution in [2.24, 2.45) is 28.6 Å². The van der Waals surface area contributed by atoms with Gasteiger partial charge < -0.3 is 24.2 Å². The van der Waals surface area contributed by atoms with Crippen LogP contribution in [-0.4, -0.2) is 58.4 Å². The summed E-state index contributed by atoms with van der Waals surface area (Å²) in [5.41, 5.74) is -0.854. The lowest BCUT2D eigenvalue weighted by atomic mass is 9.46. The average Bonchev–Trinajstić information content (AvgIpc) is 3.47. The van der Waals surface area contributed by atoms with Crippen LogP contribution in [0.3, 0.4) is 0 Å². The summed E-state index contributed by atoms with van der Waals surface area (Å²) in [5, 5.41) is 21.4. The lowest BCUT2D eigenvalue weighted by molar-refractivity contribution is -0.763. The Morgan fingerprint density at radius 3 is 2.66 bits per heavy atom. The molecule has 4 fully saturated rings. The van der Waals surface area contributed by atoms with E-state index in [4.69, 9.17) is 14.2 Å². The molecule has 4 aliphatic carbocycles. The second-order valence-electron chi connectivity index (χ2n) is 13.3. The molecule has 5 aliphatic rings. The van der Waals surface area contributed by atoms with Gasteiger partial charge in [0.05, 0.1) is 17.8 Å². The maximum atomic E-state index is 14.3. The van der Waals surface area contributed by atoms with E-state index in [9.17, 15) is 29.6 Å². The van der Waals surface area contributed by atoms with Gasteiger partial charge in [0, 0.05) is 16.7 Å². The molecule has 1 aromatic rings. The number of carbonyl (C=O) groups is 3. The third kappa shape index (κ3) is 4.71. The van der Waals surface area contributed by atoms with Crippen LogP contribution in [0.2, 0.25) is 0 Å². The van der Waals surface area contributed by atoms with Crippen LogP contribution in [0.5, 0.6) is 0 Å². The smallest absolute Gasteiger partial charge is 0.338 e. The number of hydrogen-bond donors (Lipinski definition) is 1. The van der Waals surface area contributed by atoms with Crippen molar-refractivity contribution in [3.05, 3.63) is 69.3 Å². The topological polar surface area (TPSA) is 152 Å². The van der Waals surface area contributed by atoms with Crippen molar-refractivity contribution in [2.75, 3.05) is 6.61 Å². The number of esters is 1. The Kier molecular flexibility index (Phi) is 7.78. The Balaban J connectivity index is 1.24. The Morgan fingerprint density at radius 1 is 1.20 bits per heavy atom. The maximum absolute atomic E-state index is 14.3. The predicted octanol–water partition coefficient (Wildman–Crippen LogP) is 4.29. The van der Waals surface area contributed by atoms with E-state index < -0.39 is 52.6 Å². The van der Waals surface area contributed by atoms with Crippen LogP contribution in [0.4, 0.5) is 0 Å². The SMILES string of the molecule is CCCC1O[C@@H]2C[C@H]3[C@@H]4CCC5=CC(=O)C=C[C@]5(C)[C@H]4[C@@H](O)C[C@]3(C)[C@]2(C(=O)COC(=O)c2ccc(CO[N+](=O)[O-])cc2)O1. The highest BCUT2D eigenvalue weighted by Crippen LogP contribution is 2.69. The minimum absolute atomic E-state index is 0.0152. The van der Waals surface area contributed by atoms with Crippen LogP contribution < -0.4 is 0 Å². The van der Waals surface area contributed by atoms with Crippen molar-refractivity contribution in [3.63, 3.8) is 0 Å². The number of benzene rings is 1. The molecular formula is C33H39NO10. The zero-order chi connectivity index (χ0) is 31.4. The summed E-state index contributed by atoms with van der Waals surface area (Å²) in [4.78, 5) is 54.2. The van der Waals surface area contributed by atoms with E-state index in [0.717, 1.165) is 24.8 Å². The molecule has 1 N–H and O–H groups in total. The van der Waals surface area contributed by atoms with Gasteiger partial charge in [0.2, 0.25) is 5.78 Å². The second kappa shape index (κ2) is 11.2. The van der Waals surface area contributed by atoms with Crippen molar-refractivity contribution in [1.82, 2.24) is 0 Å². The zero-order valence-electron chi connectivity index (χ0n) is 25.2. The highest BCUT2D eigenvalue weighted by molar-refractivity contribution is 6.01. The molecule has 1 heterocycles. The number of fused-ring (bicyclic) bond motifs is 7. The molecule has 3 saturated carbocycles. The molecule has 0 aromatic heterocycles. The normalized spacial score (nSPS) is 38.5. The molecule has 44 heavy (non-hydrogen) atoms. The lowest BCUT2D eigenvalue weighted by Crippen LogP contribution is -2.63. The number of Topliss-reactive ketones (excluding diaryl/α,β-unsaturated/α-hetero) is 1. The van der Waals surface area contributed by atoms with E-state index in [1.807, 2.05) is 19.9 Å². The summed E-state index contributed by atoms with van der Waals surface area (Å²) < 4.78 is 18.5. The third-order valence-electron chi connectivity index (χ3n) is 11.1. The van der Waals surface area contributed by atoms with Crippen LogP contribution in [0.15, 0.2) is 48.1 Å². The van der Waals surface area contributed by atoms with Gasteiger partial charge in [-0.05, 0) is 73.8 Å². The molecule has 0 amide bonds. The van der Waals surface area contributed by atoms with E-state index >= 15 is 0 Å². The van der Waals surface area contributed by atoms with Gasteiger partial charge in [-0.2, -0.15) is 0 Å². The molecule has 11 nitrogen and oxygen atoms in total. The van der Waals surface area contributed by atoms with Crippen LogP contribution in [0.1, 0.15) is 75.2 Å². The average molecular weight is 610 g/mol. The van der Waals surface area contributed by atoms with Crippen molar-refractivity contribution in [2.45, 2.75) is 90.0 Å². The predicted molar refractivity (Wildman–Crippen MR) is 154 cm³/mol. The summed E-state index contributed by atoms with van der Waals surface area (Å²) in [7, 11) is 0. The standard InChI is InChI=1S/C33H39NO10/c1-4-5-28-43-27-15-24-23-11-10-21-14-22(35)12-13-31(21,2)29(23)25(36)16-32(24,3)33(27,44-28)26(37)18-41-30(38)20-8-6-19(7-9-20)17-42-34(39)40/h6-9,12-14,23-25,27-29,36H,4-5,10-11,15-18H2,1-3H3/t23-,24-,25-,27+,28?,29+,31-,32-,33+/m0/s1. The Morgan fingerprint density at radius 2 is 1.95 bits per heavy atom. The van der Waals surface area contributed by atoms with Crippen LogP contribution in [-0.2, 0) is 35.2 Å². The number of hydrogen-bond acceptors (Lipinski definition) is 10. The first-order valence-corrected chi connectivity index (χ1v) is 15.4. The molecule has 236 valence electrons. The highest BCUT2D eigenvalue weighted by Gasteiger charge is 2.75. The molecule has 1 aromatic carbocycles. The van der Waals surface area contributed by atoms with E-state index in [1.165, 1.54) is 24.3 Å². The molecule has 0 radical (unpaired) electrons. The van der Waals surface area contributed by atoms with E-state index in [0.29, 0.717) is 24.8 Å². The Bertz CT molecular complexity index is 1420. The fourth-order valence-corrected chi connectivity index (χ4v) is 9.19. The zero-order valence-corrected chi connectivity index (χ0v) is 25.2. The fraction of sp³-hybridized carbons (Fsp3) is 0.606. The second-order valence-corrected chi connectivity index (χ2v) is 13.3. The largest absolute Gasteiger partial charge is 0.454 e. The summed E-state index contributed by atoms with van der Waals surface area (Å²) in [6.45, 7) is 5.37. The van der Waals surface area contributed by atoms with E-state index in [-0.39, 0.29) is 41.5 Å². The number of nitrogens with zero attached hydrogens (tertiary/aromatic N) is 1. The quantitative estimate of drug-likeness (QED) is 0.244. The first-order valence-electron chi connectivity index (χ1n) is 15.4.